The minimum atomic E-state index is 0.0105. The molecule has 3 aromatic rings. The van der Waals surface area contributed by atoms with Crippen molar-refractivity contribution < 1.29 is 4.79 Å². The van der Waals surface area contributed by atoms with Crippen LogP contribution in [0.15, 0.2) is 54.7 Å². The molecule has 0 unspecified atom stereocenters. The molecule has 2 aromatic carbocycles. The molecule has 1 aliphatic heterocycles. The second-order valence-corrected chi connectivity index (χ2v) is 8.81. The van der Waals surface area contributed by atoms with Gasteiger partial charge in [0, 0.05) is 48.3 Å². The molecule has 2 heterocycles. The number of hydrogen-bond donors (Lipinski definition) is 3. The van der Waals surface area contributed by atoms with Gasteiger partial charge in [-0.3, -0.25) is 4.79 Å². The third kappa shape index (κ3) is 6.32. The Morgan fingerprint density at radius 2 is 1.76 bits per heavy atom. The number of amides is 1. The highest BCUT2D eigenvalue weighted by molar-refractivity contribution is 5.90. The maximum atomic E-state index is 12.0. The molecule has 0 aliphatic carbocycles. The number of carbonyl (C=O) groups is 1. The topological polar surface area (TPSA) is 96.2 Å². The van der Waals surface area contributed by atoms with Crippen LogP contribution in [-0.2, 0) is 4.79 Å². The van der Waals surface area contributed by atoms with Crippen LogP contribution < -0.4 is 21.3 Å². The molecule has 0 atom stereocenters. The zero-order valence-electron chi connectivity index (χ0n) is 19.9. The van der Waals surface area contributed by atoms with Gasteiger partial charge in [-0.25, -0.2) is 9.97 Å². The second kappa shape index (κ2) is 11.6. The molecule has 4 rings (SSSR count). The van der Waals surface area contributed by atoms with Crippen LogP contribution in [0.1, 0.15) is 44.1 Å². The van der Waals surface area contributed by atoms with Crippen LogP contribution in [0, 0.1) is 6.92 Å². The van der Waals surface area contributed by atoms with Crippen LogP contribution in [0.4, 0.5) is 23.0 Å². The lowest BCUT2D eigenvalue weighted by molar-refractivity contribution is -0.116. The number of carbonyl (C=O) groups excluding carboxylic acids is 1. The predicted molar refractivity (Wildman–Crippen MR) is 140 cm³/mol. The third-order valence-electron chi connectivity index (χ3n) is 6.13. The monoisotopic (exact) mass is 458 g/mol. The summed E-state index contributed by atoms with van der Waals surface area (Å²) in [5, 5.41) is 6.27. The van der Waals surface area contributed by atoms with Gasteiger partial charge in [0.2, 0.25) is 11.9 Å². The van der Waals surface area contributed by atoms with Gasteiger partial charge in [-0.2, -0.15) is 0 Å². The van der Waals surface area contributed by atoms with Crippen molar-refractivity contribution in [1.82, 2.24) is 9.97 Å². The number of rotatable bonds is 9. The smallest absolute Gasteiger partial charge is 0.227 e. The summed E-state index contributed by atoms with van der Waals surface area (Å²) in [6.45, 7) is 5.04. The summed E-state index contributed by atoms with van der Waals surface area (Å²) in [6, 6.07) is 16.0. The van der Waals surface area contributed by atoms with Crippen molar-refractivity contribution >= 4 is 28.9 Å². The molecule has 1 amide bonds. The SMILES string of the molecule is Cc1cc(Nc2nccc(-c3ccc(NC(=O)CCCCN)cc3)n2)ccc1N1CCCCC1. The molecular weight excluding hydrogens is 424 g/mol. The maximum Gasteiger partial charge on any atom is 0.227 e. The molecule has 1 fully saturated rings. The summed E-state index contributed by atoms with van der Waals surface area (Å²) in [4.78, 5) is 23.6. The molecule has 0 radical (unpaired) electrons. The quantitative estimate of drug-likeness (QED) is 0.379. The van der Waals surface area contributed by atoms with Crippen LogP contribution in [-0.4, -0.2) is 35.5 Å². The Morgan fingerprint density at radius 3 is 2.50 bits per heavy atom. The summed E-state index contributed by atoms with van der Waals surface area (Å²) < 4.78 is 0. The van der Waals surface area contributed by atoms with E-state index in [-0.39, 0.29) is 5.91 Å². The lowest BCUT2D eigenvalue weighted by Gasteiger charge is -2.30. The first-order chi connectivity index (χ1) is 16.6. The molecule has 1 saturated heterocycles. The summed E-state index contributed by atoms with van der Waals surface area (Å²) in [6.07, 6.45) is 7.77. The van der Waals surface area contributed by atoms with E-state index in [4.69, 9.17) is 5.73 Å². The van der Waals surface area contributed by atoms with E-state index in [9.17, 15) is 4.79 Å². The van der Waals surface area contributed by atoms with E-state index < -0.39 is 0 Å². The highest BCUT2D eigenvalue weighted by Gasteiger charge is 2.13. The molecule has 34 heavy (non-hydrogen) atoms. The predicted octanol–water partition coefficient (Wildman–Crippen LogP) is 5.25. The van der Waals surface area contributed by atoms with Gasteiger partial charge >= 0.3 is 0 Å². The molecular formula is C27H34N6O. The zero-order valence-corrected chi connectivity index (χ0v) is 19.9. The van der Waals surface area contributed by atoms with E-state index in [1.54, 1.807) is 6.20 Å². The van der Waals surface area contributed by atoms with Crippen LogP contribution in [0.2, 0.25) is 0 Å². The van der Waals surface area contributed by atoms with Gasteiger partial charge in [0.05, 0.1) is 5.69 Å². The summed E-state index contributed by atoms with van der Waals surface area (Å²) >= 11 is 0. The van der Waals surface area contributed by atoms with Crippen molar-refractivity contribution in [2.75, 3.05) is 35.2 Å². The van der Waals surface area contributed by atoms with Crippen molar-refractivity contribution in [3.05, 3.63) is 60.3 Å². The first-order valence-electron chi connectivity index (χ1n) is 12.2. The van der Waals surface area contributed by atoms with Gasteiger partial charge in [-0.05, 0) is 87.5 Å². The Balaban J connectivity index is 1.40. The van der Waals surface area contributed by atoms with Crippen molar-refractivity contribution in [3.8, 4) is 11.3 Å². The molecule has 178 valence electrons. The van der Waals surface area contributed by atoms with Crippen molar-refractivity contribution in [3.63, 3.8) is 0 Å². The number of unbranched alkanes of at least 4 members (excludes halogenated alkanes) is 1. The van der Waals surface area contributed by atoms with Crippen LogP contribution in [0.25, 0.3) is 11.3 Å². The Kier molecular flexibility index (Phi) is 8.09. The number of aryl methyl sites for hydroxylation is 1. The number of anilines is 4. The third-order valence-corrected chi connectivity index (χ3v) is 6.13. The fourth-order valence-corrected chi connectivity index (χ4v) is 4.31. The molecule has 7 heteroatoms. The van der Waals surface area contributed by atoms with Gasteiger partial charge in [-0.15, -0.1) is 0 Å². The minimum Gasteiger partial charge on any atom is -0.371 e. The van der Waals surface area contributed by atoms with E-state index in [0.29, 0.717) is 18.9 Å². The van der Waals surface area contributed by atoms with Crippen molar-refractivity contribution in [1.29, 1.82) is 0 Å². The lowest BCUT2D eigenvalue weighted by atomic mass is 10.1. The van der Waals surface area contributed by atoms with Crippen molar-refractivity contribution in [2.24, 2.45) is 5.73 Å². The Labute approximate surface area is 201 Å². The van der Waals surface area contributed by atoms with E-state index in [2.05, 4.69) is 50.6 Å². The number of nitrogens with one attached hydrogen (secondary N) is 2. The fourth-order valence-electron chi connectivity index (χ4n) is 4.31. The number of benzene rings is 2. The minimum absolute atomic E-state index is 0.0105. The Hall–Kier alpha value is -3.45. The number of hydrogen-bond acceptors (Lipinski definition) is 6. The highest BCUT2D eigenvalue weighted by Crippen LogP contribution is 2.28. The van der Waals surface area contributed by atoms with Crippen LogP contribution >= 0.6 is 0 Å². The van der Waals surface area contributed by atoms with Gasteiger partial charge in [0.15, 0.2) is 0 Å². The van der Waals surface area contributed by atoms with Crippen molar-refractivity contribution in [2.45, 2.75) is 45.4 Å². The van der Waals surface area contributed by atoms with Gasteiger partial charge in [0.1, 0.15) is 0 Å². The highest BCUT2D eigenvalue weighted by atomic mass is 16.1. The van der Waals surface area contributed by atoms with Gasteiger partial charge in [0.25, 0.3) is 0 Å². The van der Waals surface area contributed by atoms with E-state index in [1.165, 1.54) is 30.5 Å². The molecule has 0 saturated carbocycles. The average Bonchev–Trinajstić information content (AvgIpc) is 2.85. The largest absolute Gasteiger partial charge is 0.371 e. The zero-order chi connectivity index (χ0) is 23.8. The molecule has 1 aromatic heterocycles. The van der Waals surface area contributed by atoms with E-state index in [1.807, 2.05) is 30.3 Å². The first-order valence-corrected chi connectivity index (χ1v) is 12.2. The van der Waals surface area contributed by atoms with E-state index in [0.717, 1.165) is 48.6 Å². The molecule has 0 spiro atoms. The number of nitrogens with zero attached hydrogens (tertiary/aromatic N) is 3. The average molecular weight is 459 g/mol. The van der Waals surface area contributed by atoms with E-state index >= 15 is 0 Å². The molecule has 4 N–H and O–H groups in total. The number of piperidine rings is 1. The summed E-state index contributed by atoms with van der Waals surface area (Å²) in [7, 11) is 0. The Morgan fingerprint density at radius 1 is 1.00 bits per heavy atom. The summed E-state index contributed by atoms with van der Waals surface area (Å²) in [5.74, 6) is 0.566. The fraction of sp³-hybridized carbons (Fsp3) is 0.370. The lowest BCUT2D eigenvalue weighted by Crippen LogP contribution is -2.29. The second-order valence-electron chi connectivity index (χ2n) is 8.81. The summed E-state index contributed by atoms with van der Waals surface area (Å²) in [5.41, 5.74) is 11.6. The maximum absolute atomic E-state index is 12.0. The molecule has 1 aliphatic rings. The molecule has 7 nitrogen and oxygen atoms in total. The number of nitrogens with two attached hydrogens (primary N) is 1. The van der Waals surface area contributed by atoms with Gasteiger partial charge < -0.3 is 21.3 Å². The normalized spacial score (nSPS) is 13.5. The van der Waals surface area contributed by atoms with Crippen LogP contribution in [0.3, 0.4) is 0 Å². The van der Waals surface area contributed by atoms with Crippen LogP contribution in [0.5, 0.6) is 0 Å². The standard InChI is InChI=1S/C27H34N6O/c1-20-19-23(12-13-25(20)33-17-5-2-6-18-33)31-27-29-16-14-24(32-27)21-8-10-22(11-9-21)30-26(34)7-3-4-15-28/h8-14,16,19H,2-7,15,17-18,28H2,1H3,(H,30,34)(H,29,31,32). The number of aromatic nitrogens is 2. The van der Waals surface area contributed by atoms with Gasteiger partial charge in [-0.1, -0.05) is 12.1 Å². The molecule has 0 bridgehead atoms. The Bertz CT molecular complexity index is 1090. The first kappa shape index (κ1) is 23.7.